The zero-order chi connectivity index (χ0) is 11.7. The van der Waals surface area contributed by atoms with Crippen LogP contribution in [0.15, 0.2) is 18.2 Å². The number of rotatable bonds is 2. The third-order valence-corrected chi connectivity index (χ3v) is 3.53. The molecule has 0 radical (unpaired) electrons. The second-order valence-electron chi connectivity index (χ2n) is 4.40. The van der Waals surface area contributed by atoms with E-state index in [9.17, 15) is 4.79 Å². The molecule has 1 unspecified atom stereocenters. The molecule has 0 N–H and O–H groups in total. The number of halogens is 1. The van der Waals surface area contributed by atoms with Crippen molar-refractivity contribution < 1.29 is 4.79 Å². The predicted molar refractivity (Wildman–Crippen MR) is 67.5 cm³/mol. The molecule has 1 aromatic rings. The van der Waals surface area contributed by atoms with Crippen LogP contribution in [-0.4, -0.2) is 18.4 Å². The average Bonchev–Trinajstić information content (AvgIpc) is 2.63. The van der Waals surface area contributed by atoms with Crippen molar-refractivity contribution in [1.82, 2.24) is 0 Å². The second kappa shape index (κ2) is 4.46. The Morgan fingerprint density at radius 3 is 2.75 bits per heavy atom. The van der Waals surface area contributed by atoms with E-state index in [4.69, 9.17) is 11.6 Å². The number of benzene rings is 1. The Morgan fingerprint density at radius 2 is 2.25 bits per heavy atom. The molecule has 0 aromatic heterocycles. The van der Waals surface area contributed by atoms with Gasteiger partial charge in [-0.15, -0.1) is 0 Å². The molecule has 0 saturated carbocycles. The van der Waals surface area contributed by atoms with Crippen molar-refractivity contribution in [1.29, 1.82) is 0 Å². The zero-order valence-electron chi connectivity index (χ0n) is 9.66. The SMILES string of the molecule is CC(=O)c1ccc(N2CCCC2C)cc1Cl. The van der Waals surface area contributed by atoms with E-state index in [1.807, 2.05) is 18.2 Å². The smallest absolute Gasteiger partial charge is 0.161 e. The van der Waals surface area contributed by atoms with Gasteiger partial charge in [0.15, 0.2) is 5.78 Å². The van der Waals surface area contributed by atoms with E-state index in [-0.39, 0.29) is 5.78 Å². The van der Waals surface area contributed by atoms with Crippen molar-refractivity contribution >= 4 is 23.1 Å². The third-order valence-electron chi connectivity index (χ3n) is 3.22. The molecule has 3 heteroatoms. The van der Waals surface area contributed by atoms with Gasteiger partial charge in [0.25, 0.3) is 0 Å². The minimum atomic E-state index is 0.0195. The van der Waals surface area contributed by atoms with Crippen LogP contribution < -0.4 is 4.90 Å². The molecule has 0 amide bonds. The van der Waals surface area contributed by atoms with Crippen LogP contribution >= 0.6 is 11.6 Å². The topological polar surface area (TPSA) is 20.3 Å². The van der Waals surface area contributed by atoms with Crippen LogP contribution in [0.4, 0.5) is 5.69 Å². The normalized spacial score (nSPS) is 20.2. The lowest BCUT2D eigenvalue weighted by Crippen LogP contribution is -2.26. The highest BCUT2D eigenvalue weighted by atomic mass is 35.5. The molecule has 1 aliphatic heterocycles. The Bertz CT molecular complexity index is 416. The first-order valence-electron chi connectivity index (χ1n) is 5.66. The van der Waals surface area contributed by atoms with Gasteiger partial charge in [0.05, 0.1) is 5.02 Å². The van der Waals surface area contributed by atoms with Crippen molar-refractivity contribution in [3.8, 4) is 0 Å². The third kappa shape index (κ3) is 2.07. The molecule has 86 valence electrons. The number of nitrogens with zero attached hydrogens (tertiary/aromatic N) is 1. The molecule has 0 bridgehead atoms. The summed E-state index contributed by atoms with van der Waals surface area (Å²) in [7, 11) is 0. The largest absolute Gasteiger partial charge is 0.369 e. The molecular formula is C13H16ClNO. The summed E-state index contributed by atoms with van der Waals surface area (Å²) in [4.78, 5) is 13.6. The van der Waals surface area contributed by atoms with Gasteiger partial charge in [-0.3, -0.25) is 4.79 Å². The first-order chi connectivity index (χ1) is 7.59. The molecule has 1 aliphatic rings. The molecule has 0 spiro atoms. The summed E-state index contributed by atoms with van der Waals surface area (Å²) >= 11 is 6.10. The fourth-order valence-corrected chi connectivity index (χ4v) is 2.59. The van der Waals surface area contributed by atoms with Crippen LogP contribution in [0.2, 0.25) is 5.02 Å². The summed E-state index contributed by atoms with van der Waals surface area (Å²) in [6.07, 6.45) is 2.46. The van der Waals surface area contributed by atoms with Crippen molar-refractivity contribution in [3.05, 3.63) is 28.8 Å². The summed E-state index contributed by atoms with van der Waals surface area (Å²) in [6, 6.07) is 6.29. The van der Waals surface area contributed by atoms with Crippen LogP contribution in [0.1, 0.15) is 37.0 Å². The molecular weight excluding hydrogens is 222 g/mol. The van der Waals surface area contributed by atoms with Crippen LogP contribution in [0.25, 0.3) is 0 Å². The molecule has 1 aromatic carbocycles. The molecule has 1 heterocycles. The Kier molecular flexibility index (Phi) is 3.20. The van der Waals surface area contributed by atoms with Gasteiger partial charge in [0, 0.05) is 23.8 Å². The molecule has 1 fully saturated rings. The Hall–Kier alpha value is -1.02. The quantitative estimate of drug-likeness (QED) is 0.734. The summed E-state index contributed by atoms with van der Waals surface area (Å²) in [5.41, 5.74) is 1.73. The summed E-state index contributed by atoms with van der Waals surface area (Å²) in [5, 5.41) is 0.559. The standard InChI is InChI=1S/C13H16ClNO/c1-9-4-3-7-15(9)11-5-6-12(10(2)16)13(14)8-11/h5-6,8-9H,3-4,7H2,1-2H3. The maximum atomic E-state index is 11.3. The van der Waals surface area contributed by atoms with Crippen LogP contribution in [0, 0.1) is 0 Å². The van der Waals surface area contributed by atoms with Gasteiger partial charge in [0.1, 0.15) is 0 Å². The number of hydrogen-bond acceptors (Lipinski definition) is 2. The van der Waals surface area contributed by atoms with Gasteiger partial charge in [0.2, 0.25) is 0 Å². The Labute approximate surface area is 101 Å². The molecule has 0 aliphatic carbocycles. The molecule has 1 saturated heterocycles. The maximum Gasteiger partial charge on any atom is 0.161 e. The number of anilines is 1. The molecule has 2 rings (SSSR count). The van der Waals surface area contributed by atoms with Crippen LogP contribution in [-0.2, 0) is 0 Å². The monoisotopic (exact) mass is 237 g/mol. The van der Waals surface area contributed by atoms with E-state index in [1.165, 1.54) is 12.8 Å². The predicted octanol–water partition coefficient (Wildman–Crippen LogP) is 3.53. The first-order valence-corrected chi connectivity index (χ1v) is 6.04. The first kappa shape index (κ1) is 11.5. The van der Waals surface area contributed by atoms with Gasteiger partial charge in [-0.25, -0.2) is 0 Å². The average molecular weight is 238 g/mol. The van der Waals surface area contributed by atoms with E-state index >= 15 is 0 Å². The Balaban J connectivity index is 2.30. The summed E-state index contributed by atoms with van der Waals surface area (Å²) < 4.78 is 0. The van der Waals surface area contributed by atoms with E-state index < -0.39 is 0 Å². The molecule has 2 nitrogen and oxygen atoms in total. The van der Waals surface area contributed by atoms with Crippen molar-refractivity contribution in [3.63, 3.8) is 0 Å². The van der Waals surface area contributed by atoms with E-state index in [1.54, 1.807) is 6.92 Å². The molecule has 1 atom stereocenters. The van der Waals surface area contributed by atoms with E-state index in [0.29, 0.717) is 16.6 Å². The van der Waals surface area contributed by atoms with Gasteiger partial charge < -0.3 is 4.90 Å². The van der Waals surface area contributed by atoms with Crippen LogP contribution in [0.5, 0.6) is 0 Å². The Morgan fingerprint density at radius 1 is 1.50 bits per heavy atom. The number of carbonyl (C=O) groups is 1. The fourth-order valence-electron chi connectivity index (χ4n) is 2.29. The highest BCUT2D eigenvalue weighted by Gasteiger charge is 2.21. The van der Waals surface area contributed by atoms with Crippen LogP contribution in [0.3, 0.4) is 0 Å². The number of hydrogen-bond donors (Lipinski definition) is 0. The summed E-state index contributed by atoms with van der Waals surface area (Å²) in [6.45, 7) is 4.84. The van der Waals surface area contributed by atoms with Crippen molar-refractivity contribution in [2.75, 3.05) is 11.4 Å². The lowest BCUT2D eigenvalue weighted by atomic mass is 10.1. The number of ketones is 1. The van der Waals surface area contributed by atoms with Gasteiger partial charge in [-0.2, -0.15) is 0 Å². The van der Waals surface area contributed by atoms with Gasteiger partial charge in [-0.1, -0.05) is 11.6 Å². The van der Waals surface area contributed by atoms with Crippen molar-refractivity contribution in [2.24, 2.45) is 0 Å². The highest BCUT2D eigenvalue weighted by molar-refractivity contribution is 6.34. The van der Waals surface area contributed by atoms with E-state index in [0.717, 1.165) is 12.2 Å². The minimum Gasteiger partial charge on any atom is -0.369 e. The second-order valence-corrected chi connectivity index (χ2v) is 4.81. The van der Waals surface area contributed by atoms with Gasteiger partial charge in [-0.05, 0) is 44.9 Å². The number of Topliss-reactive ketones (excluding diaryl/α,β-unsaturated/α-hetero) is 1. The lowest BCUT2D eigenvalue weighted by Gasteiger charge is -2.24. The minimum absolute atomic E-state index is 0.0195. The summed E-state index contributed by atoms with van der Waals surface area (Å²) in [5.74, 6) is 0.0195. The maximum absolute atomic E-state index is 11.3. The van der Waals surface area contributed by atoms with E-state index in [2.05, 4.69) is 11.8 Å². The fraction of sp³-hybridized carbons (Fsp3) is 0.462. The molecule has 16 heavy (non-hydrogen) atoms. The lowest BCUT2D eigenvalue weighted by molar-refractivity contribution is 0.101. The number of carbonyl (C=O) groups excluding carboxylic acids is 1. The highest BCUT2D eigenvalue weighted by Crippen LogP contribution is 2.29. The van der Waals surface area contributed by atoms with Gasteiger partial charge >= 0.3 is 0 Å². The van der Waals surface area contributed by atoms with Crippen molar-refractivity contribution in [2.45, 2.75) is 32.7 Å². The zero-order valence-corrected chi connectivity index (χ0v) is 10.4.